The SMILES string of the molecule is CCN(CC)C(=O)c1cccc(NCC(=O)Nc2cccc(C(=O)NCC3CCCO3)c2)c1. The van der Waals surface area contributed by atoms with Crippen LogP contribution in [0.1, 0.15) is 47.4 Å². The number of anilines is 2. The molecular weight excluding hydrogens is 420 g/mol. The minimum Gasteiger partial charge on any atom is -0.376 e. The first-order valence-corrected chi connectivity index (χ1v) is 11.4. The first kappa shape index (κ1) is 24.3. The van der Waals surface area contributed by atoms with Crippen molar-refractivity contribution in [2.45, 2.75) is 32.8 Å². The van der Waals surface area contributed by atoms with Crippen molar-refractivity contribution in [2.24, 2.45) is 0 Å². The predicted octanol–water partition coefficient (Wildman–Crippen LogP) is 3.13. The van der Waals surface area contributed by atoms with Gasteiger partial charge < -0.3 is 25.6 Å². The zero-order valence-electron chi connectivity index (χ0n) is 19.2. The van der Waals surface area contributed by atoms with Gasteiger partial charge in [0.25, 0.3) is 11.8 Å². The Labute approximate surface area is 194 Å². The van der Waals surface area contributed by atoms with Crippen LogP contribution in [0, 0.1) is 0 Å². The predicted molar refractivity (Wildman–Crippen MR) is 129 cm³/mol. The molecular formula is C25H32N4O4. The lowest BCUT2D eigenvalue weighted by Gasteiger charge is -2.19. The van der Waals surface area contributed by atoms with Gasteiger partial charge in [-0.15, -0.1) is 0 Å². The third-order valence-electron chi connectivity index (χ3n) is 5.54. The van der Waals surface area contributed by atoms with Crippen LogP contribution in [0.15, 0.2) is 48.5 Å². The Morgan fingerprint density at radius 1 is 1.00 bits per heavy atom. The third kappa shape index (κ3) is 7.05. The molecule has 1 heterocycles. The van der Waals surface area contributed by atoms with E-state index >= 15 is 0 Å². The van der Waals surface area contributed by atoms with Crippen LogP contribution in [-0.2, 0) is 9.53 Å². The van der Waals surface area contributed by atoms with E-state index in [4.69, 9.17) is 4.74 Å². The fraction of sp³-hybridized carbons (Fsp3) is 0.400. The second-order valence-electron chi connectivity index (χ2n) is 7.89. The summed E-state index contributed by atoms with van der Waals surface area (Å²) in [6, 6.07) is 13.9. The second-order valence-corrected chi connectivity index (χ2v) is 7.89. The molecule has 176 valence electrons. The van der Waals surface area contributed by atoms with Crippen molar-refractivity contribution in [2.75, 3.05) is 43.4 Å². The van der Waals surface area contributed by atoms with E-state index in [9.17, 15) is 14.4 Å². The standard InChI is InChI=1S/C25H32N4O4/c1-3-29(4-2)25(32)19-9-6-10-20(15-19)26-17-23(30)28-21-11-5-8-18(14-21)24(31)27-16-22-12-7-13-33-22/h5-6,8-11,14-15,22,26H,3-4,7,12-13,16-17H2,1-2H3,(H,27,31)(H,28,30). The van der Waals surface area contributed by atoms with Gasteiger partial charge in [-0.2, -0.15) is 0 Å². The van der Waals surface area contributed by atoms with Gasteiger partial charge in [-0.1, -0.05) is 12.1 Å². The fourth-order valence-corrected chi connectivity index (χ4v) is 3.70. The quantitative estimate of drug-likeness (QED) is 0.514. The molecule has 0 radical (unpaired) electrons. The van der Waals surface area contributed by atoms with Crippen LogP contribution in [0.3, 0.4) is 0 Å². The first-order valence-electron chi connectivity index (χ1n) is 11.4. The van der Waals surface area contributed by atoms with Gasteiger partial charge in [0, 0.05) is 48.7 Å². The Balaban J connectivity index is 1.52. The van der Waals surface area contributed by atoms with Crippen molar-refractivity contribution in [1.29, 1.82) is 0 Å². The average Bonchev–Trinajstić information content (AvgIpc) is 3.36. The number of carbonyl (C=O) groups excluding carboxylic acids is 3. The van der Waals surface area contributed by atoms with Crippen molar-refractivity contribution < 1.29 is 19.1 Å². The highest BCUT2D eigenvalue weighted by Crippen LogP contribution is 2.15. The largest absolute Gasteiger partial charge is 0.376 e. The molecule has 0 bridgehead atoms. The Hall–Kier alpha value is -3.39. The third-order valence-corrected chi connectivity index (χ3v) is 5.54. The molecule has 2 aromatic rings. The molecule has 8 nitrogen and oxygen atoms in total. The zero-order chi connectivity index (χ0) is 23.6. The number of hydrogen-bond donors (Lipinski definition) is 3. The van der Waals surface area contributed by atoms with E-state index in [1.807, 2.05) is 19.9 Å². The Morgan fingerprint density at radius 3 is 2.39 bits per heavy atom. The molecule has 0 spiro atoms. The maximum atomic E-state index is 12.5. The van der Waals surface area contributed by atoms with Gasteiger partial charge in [-0.3, -0.25) is 14.4 Å². The van der Waals surface area contributed by atoms with Crippen LogP contribution in [-0.4, -0.2) is 61.5 Å². The summed E-state index contributed by atoms with van der Waals surface area (Å²) in [6.07, 6.45) is 2.05. The van der Waals surface area contributed by atoms with E-state index in [1.165, 1.54) is 0 Å². The fourth-order valence-electron chi connectivity index (χ4n) is 3.70. The number of rotatable bonds is 10. The Morgan fingerprint density at radius 2 is 1.70 bits per heavy atom. The molecule has 1 aliphatic rings. The number of benzene rings is 2. The van der Waals surface area contributed by atoms with Gasteiger partial charge in [0.1, 0.15) is 0 Å². The normalized spacial score (nSPS) is 15.0. The lowest BCUT2D eigenvalue weighted by atomic mass is 10.1. The number of carbonyl (C=O) groups is 3. The molecule has 1 fully saturated rings. The summed E-state index contributed by atoms with van der Waals surface area (Å²) >= 11 is 0. The van der Waals surface area contributed by atoms with Crippen LogP contribution in [0.25, 0.3) is 0 Å². The molecule has 0 aliphatic carbocycles. The molecule has 3 rings (SSSR count). The van der Waals surface area contributed by atoms with Crippen molar-refractivity contribution in [3.63, 3.8) is 0 Å². The highest BCUT2D eigenvalue weighted by atomic mass is 16.5. The molecule has 8 heteroatoms. The molecule has 33 heavy (non-hydrogen) atoms. The lowest BCUT2D eigenvalue weighted by molar-refractivity contribution is -0.114. The van der Waals surface area contributed by atoms with Crippen LogP contribution in [0.5, 0.6) is 0 Å². The van der Waals surface area contributed by atoms with Crippen molar-refractivity contribution >= 4 is 29.1 Å². The maximum Gasteiger partial charge on any atom is 0.253 e. The summed E-state index contributed by atoms with van der Waals surface area (Å²) in [5.41, 5.74) is 2.27. The smallest absolute Gasteiger partial charge is 0.253 e. The van der Waals surface area contributed by atoms with Gasteiger partial charge in [-0.25, -0.2) is 0 Å². The number of hydrogen-bond acceptors (Lipinski definition) is 5. The van der Waals surface area contributed by atoms with Crippen LogP contribution >= 0.6 is 0 Å². The summed E-state index contributed by atoms with van der Waals surface area (Å²) < 4.78 is 5.52. The topological polar surface area (TPSA) is 99.8 Å². The maximum absolute atomic E-state index is 12.5. The van der Waals surface area contributed by atoms with Gasteiger partial charge in [-0.05, 0) is 63.1 Å². The van der Waals surface area contributed by atoms with Crippen molar-refractivity contribution in [1.82, 2.24) is 10.2 Å². The minimum absolute atomic E-state index is 0.0261. The van der Waals surface area contributed by atoms with Gasteiger partial charge in [0.15, 0.2) is 0 Å². The molecule has 3 N–H and O–H groups in total. The van der Waals surface area contributed by atoms with Crippen LogP contribution < -0.4 is 16.0 Å². The zero-order valence-corrected chi connectivity index (χ0v) is 19.2. The number of nitrogens with one attached hydrogen (secondary N) is 3. The lowest BCUT2D eigenvalue weighted by Crippen LogP contribution is -2.31. The molecule has 2 aromatic carbocycles. The monoisotopic (exact) mass is 452 g/mol. The average molecular weight is 453 g/mol. The minimum atomic E-state index is -0.257. The molecule has 1 unspecified atom stereocenters. The number of nitrogens with zero attached hydrogens (tertiary/aromatic N) is 1. The molecule has 3 amide bonds. The summed E-state index contributed by atoms with van der Waals surface area (Å²) in [5.74, 6) is -0.496. The van der Waals surface area contributed by atoms with E-state index in [0.717, 1.165) is 19.4 Å². The van der Waals surface area contributed by atoms with Crippen molar-refractivity contribution in [3.05, 3.63) is 59.7 Å². The molecule has 1 saturated heterocycles. The van der Waals surface area contributed by atoms with Crippen LogP contribution in [0.2, 0.25) is 0 Å². The Bertz CT molecular complexity index is 968. The summed E-state index contributed by atoms with van der Waals surface area (Å²) in [6.45, 7) is 6.41. The summed E-state index contributed by atoms with van der Waals surface area (Å²) in [4.78, 5) is 39.1. The molecule has 0 saturated carbocycles. The molecule has 1 aliphatic heterocycles. The van der Waals surface area contributed by atoms with E-state index in [0.29, 0.717) is 42.1 Å². The number of ether oxygens (including phenoxy) is 1. The highest BCUT2D eigenvalue weighted by molar-refractivity contribution is 5.98. The van der Waals surface area contributed by atoms with E-state index < -0.39 is 0 Å². The summed E-state index contributed by atoms with van der Waals surface area (Å²) in [7, 11) is 0. The van der Waals surface area contributed by atoms with E-state index in [-0.39, 0.29) is 30.4 Å². The number of amides is 3. The van der Waals surface area contributed by atoms with Gasteiger partial charge in [0.05, 0.1) is 12.6 Å². The van der Waals surface area contributed by atoms with E-state index in [2.05, 4.69) is 16.0 Å². The van der Waals surface area contributed by atoms with Gasteiger partial charge in [0.2, 0.25) is 5.91 Å². The van der Waals surface area contributed by atoms with Gasteiger partial charge >= 0.3 is 0 Å². The first-order chi connectivity index (χ1) is 16.0. The summed E-state index contributed by atoms with van der Waals surface area (Å²) in [5, 5.41) is 8.72. The van der Waals surface area contributed by atoms with Crippen LogP contribution in [0.4, 0.5) is 11.4 Å². The second kappa shape index (κ2) is 12.0. The highest BCUT2D eigenvalue weighted by Gasteiger charge is 2.17. The molecule has 1 atom stereocenters. The molecule has 0 aromatic heterocycles. The Kier molecular flexibility index (Phi) is 8.83. The van der Waals surface area contributed by atoms with E-state index in [1.54, 1.807) is 47.4 Å². The van der Waals surface area contributed by atoms with Crippen molar-refractivity contribution in [3.8, 4) is 0 Å².